The minimum absolute atomic E-state index is 0.217. The van der Waals surface area contributed by atoms with E-state index >= 15 is 0 Å². The number of nitrogens with zero attached hydrogens (tertiary/aromatic N) is 4. The summed E-state index contributed by atoms with van der Waals surface area (Å²) in [6, 6.07) is 5.96. The lowest BCUT2D eigenvalue weighted by Gasteiger charge is -2.35. The fourth-order valence-corrected chi connectivity index (χ4v) is 3.12. The number of likely N-dealkylation sites (N-methyl/N-ethyl adjacent to an activating group) is 1. The number of anilines is 1. The Hall–Kier alpha value is -1.93. The predicted octanol–water partition coefficient (Wildman–Crippen LogP) is 2.16. The second-order valence-electron chi connectivity index (χ2n) is 5.69. The Labute approximate surface area is 149 Å². The van der Waals surface area contributed by atoms with Crippen molar-refractivity contribution in [2.75, 3.05) is 44.7 Å². The zero-order valence-electron chi connectivity index (χ0n) is 13.8. The van der Waals surface area contributed by atoms with Crippen molar-refractivity contribution in [2.24, 2.45) is 0 Å². The van der Waals surface area contributed by atoms with E-state index < -0.39 is 5.97 Å². The van der Waals surface area contributed by atoms with Gasteiger partial charge < -0.3 is 14.5 Å². The molecular formula is C16H20BrN5O2. The third-order valence-corrected chi connectivity index (χ3v) is 4.57. The normalized spacial score (nSPS) is 15.5. The summed E-state index contributed by atoms with van der Waals surface area (Å²) in [5, 5.41) is 10.7. The van der Waals surface area contributed by atoms with Crippen LogP contribution < -0.4 is 4.90 Å². The van der Waals surface area contributed by atoms with Gasteiger partial charge in [0.15, 0.2) is 5.69 Å². The molecule has 0 aliphatic carbocycles. The molecule has 0 unspecified atom stereocenters. The van der Waals surface area contributed by atoms with Gasteiger partial charge in [-0.1, -0.05) is 15.9 Å². The molecule has 3 rings (SSSR count). The zero-order valence-corrected chi connectivity index (χ0v) is 15.3. The number of aromatic amines is 1. The molecule has 1 aliphatic rings. The van der Waals surface area contributed by atoms with Gasteiger partial charge >= 0.3 is 5.97 Å². The van der Waals surface area contributed by atoms with Crippen molar-refractivity contribution in [3.63, 3.8) is 0 Å². The molecular weight excluding hydrogens is 374 g/mol. The van der Waals surface area contributed by atoms with Crippen molar-refractivity contribution >= 4 is 27.6 Å². The van der Waals surface area contributed by atoms with E-state index in [1.807, 2.05) is 12.1 Å². The molecule has 1 aliphatic heterocycles. The molecule has 128 valence electrons. The molecule has 1 saturated heterocycles. The van der Waals surface area contributed by atoms with Crippen LogP contribution in [-0.2, 0) is 4.74 Å². The maximum atomic E-state index is 12.1. The highest BCUT2D eigenvalue weighted by molar-refractivity contribution is 9.10. The number of benzene rings is 1. The van der Waals surface area contributed by atoms with Crippen molar-refractivity contribution in [2.45, 2.75) is 6.92 Å². The molecule has 1 N–H and O–H groups in total. The molecule has 2 heterocycles. The van der Waals surface area contributed by atoms with Gasteiger partial charge in [0.2, 0.25) is 0 Å². The van der Waals surface area contributed by atoms with E-state index in [0.29, 0.717) is 12.3 Å². The average molecular weight is 394 g/mol. The van der Waals surface area contributed by atoms with Gasteiger partial charge in [-0.15, -0.1) is 5.10 Å². The van der Waals surface area contributed by atoms with Crippen molar-refractivity contribution in [1.29, 1.82) is 0 Å². The quantitative estimate of drug-likeness (QED) is 0.802. The third kappa shape index (κ3) is 3.44. The standard InChI is InChI=1S/C16H20BrN5O2/c1-3-24-16(23)15-14(18-20-19-15)12-5-4-11(17)10-13(12)22-8-6-21(2)7-9-22/h4-5,10H,3,6-9H2,1-2H3,(H,18,19,20). The summed E-state index contributed by atoms with van der Waals surface area (Å²) >= 11 is 3.54. The lowest BCUT2D eigenvalue weighted by Crippen LogP contribution is -2.44. The minimum atomic E-state index is -0.464. The van der Waals surface area contributed by atoms with E-state index in [-0.39, 0.29) is 5.69 Å². The molecule has 8 heteroatoms. The highest BCUT2D eigenvalue weighted by Gasteiger charge is 2.24. The Morgan fingerprint density at radius 3 is 2.75 bits per heavy atom. The molecule has 0 bridgehead atoms. The molecule has 2 aromatic rings. The van der Waals surface area contributed by atoms with Gasteiger partial charge in [-0.25, -0.2) is 4.79 Å². The largest absolute Gasteiger partial charge is 0.461 e. The smallest absolute Gasteiger partial charge is 0.361 e. The number of aromatic nitrogens is 3. The highest BCUT2D eigenvalue weighted by Crippen LogP contribution is 2.34. The van der Waals surface area contributed by atoms with Gasteiger partial charge in [0, 0.05) is 41.9 Å². The maximum absolute atomic E-state index is 12.1. The van der Waals surface area contributed by atoms with Crippen LogP contribution >= 0.6 is 15.9 Å². The van der Waals surface area contributed by atoms with Crippen LogP contribution in [-0.4, -0.2) is 66.1 Å². The molecule has 1 fully saturated rings. The van der Waals surface area contributed by atoms with Gasteiger partial charge in [0.05, 0.1) is 6.61 Å². The number of carbonyl (C=O) groups excluding carboxylic acids is 1. The molecule has 0 amide bonds. The number of ether oxygens (including phenoxy) is 1. The second-order valence-corrected chi connectivity index (χ2v) is 6.61. The Morgan fingerprint density at radius 1 is 1.29 bits per heavy atom. The average Bonchev–Trinajstić information content (AvgIpc) is 3.05. The summed E-state index contributed by atoms with van der Waals surface area (Å²) in [6.45, 7) is 5.91. The topological polar surface area (TPSA) is 74.3 Å². The van der Waals surface area contributed by atoms with Crippen LogP contribution in [0.1, 0.15) is 17.4 Å². The van der Waals surface area contributed by atoms with Crippen LogP contribution in [0.3, 0.4) is 0 Å². The number of piperazine rings is 1. The van der Waals surface area contributed by atoms with E-state index in [1.54, 1.807) is 6.92 Å². The molecule has 1 aromatic carbocycles. The summed E-state index contributed by atoms with van der Waals surface area (Å²) < 4.78 is 6.07. The van der Waals surface area contributed by atoms with Gasteiger partial charge in [-0.3, -0.25) is 0 Å². The predicted molar refractivity (Wildman–Crippen MR) is 95.2 cm³/mol. The molecule has 0 spiro atoms. The SMILES string of the molecule is CCOC(=O)c1n[nH]nc1-c1ccc(Br)cc1N1CCN(C)CC1. The van der Waals surface area contributed by atoms with E-state index in [9.17, 15) is 4.79 Å². The zero-order chi connectivity index (χ0) is 17.1. The number of hydrogen-bond acceptors (Lipinski definition) is 6. The molecule has 0 saturated carbocycles. The highest BCUT2D eigenvalue weighted by atomic mass is 79.9. The number of nitrogens with one attached hydrogen (secondary N) is 1. The van der Waals surface area contributed by atoms with Crippen LogP contribution in [0.5, 0.6) is 0 Å². The fraction of sp³-hybridized carbons (Fsp3) is 0.438. The van der Waals surface area contributed by atoms with Gasteiger partial charge in [-0.05, 0) is 32.2 Å². The van der Waals surface area contributed by atoms with Gasteiger partial charge in [-0.2, -0.15) is 10.3 Å². The van der Waals surface area contributed by atoms with E-state index in [1.165, 1.54) is 0 Å². The van der Waals surface area contributed by atoms with Crippen LogP contribution in [0.4, 0.5) is 5.69 Å². The van der Waals surface area contributed by atoms with Crippen molar-refractivity contribution in [3.05, 3.63) is 28.4 Å². The number of carbonyl (C=O) groups is 1. The number of hydrogen-bond donors (Lipinski definition) is 1. The Morgan fingerprint density at radius 2 is 2.04 bits per heavy atom. The molecule has 1 aromatic heterocycles. The Bertz CT molecular complexity index is 725. The van der Waals surface area contributed by atoms with E-state index in [0.717, 1.165) is 41.9 Å². The summed E-state index contributed by atoms with van der Waals surface area (Å²) in [6.07, 6.45) is 0. The molecule has 7 nitrogen and oxygen atoms in total. The first-order chi connectivity index (χ1) is 11.6. The number of rotatable bonds is 4. The van der Waals surface area contributed by atoms with Crippen LogP contribution in [0.25, 0.3) is 11.3 Å². The summed E-state index contributed by atoms with van der Waals surface area (Å²) in [5.74, 6) is -0.464. The third-order valence-electron chi connectivity index (χ3n) is 4.08. The van der Waals surface area contributed by atoms with Gasteiger partial charge in [0.1, 0.15) is 5.69 Å². The first-order valence-electron chi connectivity index (χ1n) is 7.91. The van der Waals surface area contributed by atoms with E-state index in [4.69, 9.17) is 4.74 Å². The number of esters is 1. The van der Waals surface area contributed by atoms with Crippen LogP contribution in [0.15, 0.2) is 22.7 Å². The molecule has 0 atom stereocenters. The Balaban J connectivity index is 2.00. The summed E-state index contributed by atoms with van der Waals surface area (Å²) in [4.78, 5) is 16.7. The lowest BCUT2D eigenvalue weighted by atomic mass is 10.1. The lowest BCUT2D eigenvalue weighted by molar-refractivity contribution is 0.0520. The van der Waals surface area contributed by atoms with Gasteiger partial charge in [0.25, 0.3) is 0 Å². The first-order valence-corrected chi connectivity index (χ1v) is 8.70. The number of halogens is 1. The fourth-order valence-electron chi connectivity index (χ4n) is 2.77. The van der Waals surface area contributed by atoms with Crippen LogP contribution in [0.2, 0.25) is 0 Å². The van der Waals surface area contributed by atoms with Crippen molar-refractivity contribution < 1.29 is 9.53 Å². The summed E-state index contributed by atoms with van der Waals surface area (Å²) in [5.41, 5.74) is 2.65. The monoisotopic (exact) mass is 393 g/mol. The number of H-pyrrole nitrogens is 1. The first kappa shape index (κ1) is 16.9. The van der Waals surface area contributed by atoms with Crippen LogP contribution in [0, 0.1) is 0 Å². The Kier molecular flexibility index (Phi) is 5.15. The van der Waals surface area contributed by atoms with E-state index in [2.05, 4.69) is 54.3 Å². The molecule has 24 heavy (non-hydrogen) atoms. The van der Waals surface area contributed by atoms with Crippen molar-refractivity contribution in [1.82, 2.24) is 20.3 Å². The van der Waals surface area contributed by atoms with Crippen molar-refractivity contribution in [3.8, 4) is 11.3 Å². The minimum Gasteiger partial charge on any atom is -0.461 e. The summed E-state index contributed by atoms with van der Waals surface area (Å²) in [7, 11) is 2.12. The maximum Gasteiger partial charge on any atom is 0.361 e. The molecule has 0 radical (unpaired) electrons. The second kappa shape index (κ2) is 7.31.